The highest BCUT2D eigenvalue weighted by Gasteiger charge is 2.20. The lowest BCUT2D eigenvalue weighted by molar-refractivity contribution is -0.139. The van der Waals surface area contributed by atoms with Gasteiger partial charge in [0.15, 0.2) is 0 Å². The molecule has 1 aromatic heterocycles. The Morgan fingerprint density at radius 3 is 2.68 bits per heavy atom. The van der Waals surface area contributed by atoms with E-state index >= 15 is 0 Å². The lowest BCUT2D eigenvalue weighted by Gasteiger charge is -2.17. The first-order valence-corrected chi connectivity index (χ1v) is 10.8. The second kappa shape index (κ2) is 11.1. The monoisotopic (exact) mass is 443 g/mol. The summed E-state index contributed by atoms with van der Waals surface area (Å²) in [6.45, 7) is 2.65. The van der Waals surface area contributed by atoms with Gasteiger partial charge < -0.3 is 9.67 Å². The number of hydrogen-bond acceptors (Lipinski definition) is 3. The average Bonchev–Trinajstić information content (AvgIpc) is 3.14. The fourth-order valence-electron chi connectivity index (χ4n) is 3.49. The highest BCUT2D eigenvalue weighted by molar-refractivity contribution is 6.31. The summed E-state index contributed by atoms with van der Waals surface area (Å²) in [6, 6.07) is 13.4. The number of nitrogens with zero attached hydrogens (tertiary/aromatic N) is 2. The highest BCUT2D eigenvalue weighted by Crippen LogP contribution is 2.22. The second-order valence-electron chi connectivity index (χ2n) is 7.52. The minimum absolute atomic E-state index is 0.248. The molecule has 164 valence electrons. The molecule has 0 saturated heterocycles. The van der Waals surface area contributed by atoms with Crippen LogP contribution in [0.2, 0.25) is 5.02 Å². The molecule has 1 unspecified atom stereocenters. The molecule has 0 fully saturated rings. The molecule has 0 bridgehead atoms. The van der Waals surface area contributed by atoms with Gasteiger partial charge in [0.2, 0.25) is 0 Å². The number of carbonyl (C=O) groups is 1. The summed E-state index contributed by atoms with van der Waals surface area (Å²) >= 11 is 6.25. The predicted molar refractivity (Wildman–Crippen MR) is 120 cm³/mol. The van der Waals surface area contributed by atoms with Crippen molar-refractivity contribution in [2.45, 2.75) is 51.7 Å². The lowest BCUT2D eigenvalue weighted by atomic mass is 10.1. The summed E-state index contributed by atoms with van der Waals surface area (Å²) in [5, 5.41) is 13.1. The molecule has 3 aromatic rings. The van der Waals surface area contributed by atoms with Crippen molar-refractivity contribution in [2.24, 2.45) is 0 Å². The molecule has 0 saturated carbocycles. The van der Waals surface area contributed by atoms with Crippen LogP contribution >= 0.6 is 11.6 Å². The smallest absolute Gasteiger partial charge is 0.321 e. The Bertz CT molecular complexity index is 987. The first-order valence-electron chi connectivity index (χ1n) is 10.5. The zero-order valence-corrected chi connectivity index (χ0v) is 18.3. The van der Waals surface area contributed by atoms with Gasteiger partial charge in [-0.3, -0.25) is 10.1 Å². The number of unbranched alkanes of at least 4 members (excludes halogenated alkanes) is 1. The third kappa shape index (κ3) is 6.15. The van der Waals surface area contributed by atoms with E-state index in [1.54, 1.807) is 18.3 Å². The highest BCUT2D eigenvalue weighted by atomic mass is 35.5. The third-order valence-corrected chi connectivity index (χ3v) is 5.62. The van der Waals surface area contributed by atoms with Crippen molar-refractivity contribution in [3.63, 3.8) is 0 Å². The standard InChI is InChI=1S/C24H27ClFN3O2/c1-2-3-12-23-28-15-18(29(23)16-19-20(25)10-7-11-21(19)26)14-27-22(24(30)31)13-17-8-5-4-6-9-17/h4-11,15,22,27H,2-3,12-14,16H2,1H3,(H,30,31). The van der Waals surface area contributed by atoms with Crippen LogP contribution in [0.4, 0.5) is 4.39 Å². The van der Waals surface area contributed by atoms with E-state index in [2.05, 4.69) is 17.2 Å². The number of halogens is 2. The molecule has 0 aliphatic heterocycles. The van der Waals surface area contributed by atoms with Crippen LogP contribution < -0.4 is 5.32 Å². The molecule has 2 N–H and O–H groups in total. The molecular weight excluding hydrogens is 417 g/mol. The van der Waals surface area contributed by atoms with Gasteiger partial charge in [0.1, 0.15) is 17.7 Å². The van der Waals surface area contributed by atoms with E-state index in [9.17, 15) is 14.3 Å². The molecule has 1 heterocycles. The summed E-state index contributed by atoms with van der Waals surface area (Å²) in [5.74, 6) is -0.444. The van der Waals surface area contributed by atoms with Crippen molar-refractivity contribution in [1.29, 1.82) is 0 Å². The predicted octanol–water partition coefficient (Wildman–Crippen LogP) is 4.85. The van der Waals surface area contributed by atoms with Gasteiger partial charge in [-0.15, -0.1) is 0 Å². The van der Waals surface area contributed by atoms with Crippen LogP contribution in [0.1, 0.15) is 42.4 Å². The molecule has 2 aromatic carbocycles. The van der Waals surface area contributed by atoms with E-state index in [0.29, 0.717) is 23.6 Å². The maximum absolute atomic E-state index is 14.4. The van der Waals surface area contributed by atoms with Gasteiger partial charge in [-0.25, -0.2) is 9.37 Å². The molecule has 0 amide bonds. The molecule has 0 spiro atoms. The minimum Gasteiger partial charge on any atom is -0.480 e. The van der Waals surface area contributed by atoms with Gasteiger partial charge in [-0.2, -0.15) is 0 Å². The number of carboxylic acid groups (broad SMARTS) is 1. The quantitative estimate of drug-likeness (QED) is 0.444. The number of aliphatic carboxylic acids is 1. The Morgan fingerprint density at radius 2 is 2.00 bits per heavy atom. The van der Waals surface area contributed by atoms with Crippen LogP contribution in [0.15, 0.2) is 54.7 Å². The molecule has 0 aliphatic carbocycles. The van der Waals surface area contributed by atoms with E-state index in [0.717, 1.165) is 36.3 Å². The fraction of sp³-hybridized carbons (Fsp3) is 0.333. The van der Waals surface area contributed by atoms with Crippen LogP contribution in [0.3, 0.4) is 0 Å². The average molecular weight is 444 g/mol. The topological polar surface area (TPSA) is 67.2 Å². The normalized spacial score (nSPS) is 12.1. The maximum atomic E-state index is 14.4. The van der Waals surface area contributed by atoms with Crippen molar-refractivity contribution in [1.82, 2.24) is 14.9 Å². The molecule has 31 heavy (non-hydrogen) atoms. The Kier molecular flexibility index (Phi) is 8.20. The zero-order valence-electron chi connectivity index (χ0n) is 17.5. The Balaban J connectivity index is 1.81. The summed E-state index contributed by atoms with van der Waals surface area (Å²) in [7, 11) is 0. The second-order valence-corrected chi connectivity index (χ2v) is 7.92. The fourth-order valence-corrected chi connectivity index (χ4v) is 3.71. The Labute approximate surface area is 186 Å². The number of nitrogens with one attached hydrogen (secondary N) is 1. The molecule has 3 rings (SSSR count). The largest absolute Gasteiger partial charge is 0.480 e. The summed E-state index contributed by atoms with van der Waals surface area (Å²) < 4.78 is 16.3. The van der Waals surface area contributed by atoms with Gasteiger partial charge in [-0.1, -0.05) is 61.3 Å². The van der Waals surface area contributed by atoms with E-state index in [1.165, 1.54) is 6.07 Å². The first kappa shape index (κ1) is 23.0. The van der Waals surface area contributed by atoms with Crippen LogP contribution in [0, 0.1) is 5.82 Å². The van der Waals surface area contributed by atoms with Crippen LogP contribution in [0.25, 0.3) is 0 Å². The van der Waals surface area contributed by atoms with Crippen LogP contribution in [-0.2, 0) is 30.7 Å². The van der Waals surface area contributed by atoms with Crippen molar-refractivity contribution < 1.29 is 14.3 Å². The lowest BCUT2D eigenvalue weighted by Crippen LogP contribution is -2.38. The van der Waals surface area contributed by atoms with Gasteiger partial charge in [-0.05, 0) is 30.5 Å². The first-order chi connectivity index (χ1) is 15.0. The SMILES string of the molecule is CCCCc1ncc(CNC(Cc2ccccc2)C(=O)O)n1Cc1c(F)cccc1Cl. The van der Waals surface area contributed by atoms with Crippen LogP contribution in [0.5, 0.6) is 0 Å². The minimum atomic E-state index is -0.918. The zero-order chi connectivity index (χ0) is 22.2. The van der Waals surface area contributed by atoms with Crippen molar-refractivity contribution in [3.05, 3.63) is 88.2 Å². The van der Waals surface area contributed by atoms with Crippen molar-refractivity contribution in [3.8, 4) is 0 Å². The van der Waals surface area contributed by atoms with Crippen molar-refractivity contribution in [2.75, 3.05) is 0 Å². The molecule has 0 aliphatic rings. The summed E-state index contributed by atoms with van der Waals surface area (Å²) in [6.07, 6.45) is 4.83. The molecule has 0 radical (unpaired) electrons. The molecular formula is C24H27ClFN3O2. The van der Waals surface area contributed by atoms with Gasteiger partial charge >= 0.3 is 5.97 Å². The number of aromatic nitrogens is 2. The number of carboxylic acids is 1. The van der Waals surface area contributed by atoms with E-state index in [1.807, 2.05) is 34.9 Å². The number of hydrogen-bond donors (Lipinski definition) is 2. The number of aryl methyl sites for hydroxylation is 1. The third-order valence-electron chi connectivity index (χ3n) is 5.26. The Morgan fingerprint density at radius 1 is 1.23 bits per heavy atom. The number of imidazole rings is 1. The maximum Gasteiger partial charge on any atom is 0.321 e. The van der Waals surface area contributed by atoms with E-state index in [4.69, 9.17) is 11.6 Å². The van der Waals surface area contributed by atoms with Gasteiger partial charge in [0.25, 0.3) is 0 Å². The molecule has 1 atom stereocenters. The summed E-state index contributed by atoms with van der Waals surface area (Å²) in [5.41, 5.74) is 2.14. The number of benzene rings is 2. The molecule has 5 nitrogen and oxygen atoms in total. The Hall–Kier alpha value is -2.70. The van der Waals surface area contributed by atoms with Gasteiger partial charge in [0, 0.05) is 29.7 Å². The van der Waals surface area contributed by atoms with Crippen LogP contribution in [-0.4, -0.2) is 26.7 Å². The van der Waals surface area contributed by atoms with Gasteiger partial charge in [0.05, 0.1) is 12.2 Å². The van der Waals surface area contributed by atoms with E-state index < -0.39 is 12.0 Å². The van der Waals surface area contributed by atoms with Crippen molar-refractivity contribution >= 4 is 17.6 Å². The summed E-state index contributed by atoms with van der Waals surface area (Å²) in [4.78, 5) is 16.3. The van der Waals surface area contributed by atoms with E-state index in [-0.39, 0.29) is 12.4 Å². The number of rotatable bonds is 11. The molecule has 7 heteroatoms.